The minimum atomic E-state index is -0.294. The molecular formula is C18H18FN5O. The summed E-state index contributed by atoms with van der Waals surface area (Å²) in [7, 11) is 0. The van der Waals surface area contributed by atoms with E-state index in [2.05, 4.69) is 20.6 Å². The Kier molecular flexibility index (Phi) is 4.05. The van der Waals surface area contributed by atoms with E-state index in [0.717, 1.165) is 42.6 Å². The fourth-order valence-electron chi connectivity index (χ4n) is 3.12. The van der Waals surface area contributed by atoms with Crippen LogP contribution in [0, 0.1) is 5.82 Å². The number of carbonyl (C=O) groups excluding carboxylic acids is 1. The van der Waals surface area contributed by atoms with Crippen LogP contribution in [0.3, 0.4) is 0 Å². The second-order valence-corrected chi connectivity index (χ2v) is 6.19. The monoisotopic (exact) mass is 339 g/mol. The molecule has 2 aromatic heterocycles. The average molecular weight is 339 g/mol. The zero-order valence-electron chi connectivity index (χ0n) is 13.6. The van der Waals surface area contributed by atoms with E-state index < -0.39 is 0 Å². The molecule has 0 atom stereocenters. The summed E-state index contributed by atoms with van der Waals surface area (Å²) in [6, 6.07) is 7.82. The summed E-state index contributed by atoms with van der Waals surface area (Å²) in [5, 5.41) is 14.5. The first kappa shape index (κ1) is 15.6. The van der Waals surface area contributed by atoms with Crippen molar-refractivity contribution in [3.8, 4) is 5.69 Å². The molecule has 2 N–H and O–H groups in total. The molecule has 0 fully saturated rings. The number of aryl methyl sites for hydroxylation is 1. The Labute approximate surface area is 144 Å². The van der Waals surface area contributed by atoms with Gasteiger partial charge in [0.1, 0.15) is 5.82 Å². The molecule has 0 radical (unpaired) electrons. The molecule has 3 aromatic rings. The van der Waals surface area contributed by atoms with Gasteiger partial charge in [-0.25, -0.2) is 9.07 Å². The smallest absolute Gasteiger partial charge is 0.231 e. The zero-order chi connectivity index (χ0) is 17.2. The van der Waals surface area contributed by atoms with Gasteiger partial charge in [-0.2, -0.15) is 10.2 Å². The third-order valence-corrected chi connectivity index (χ3v) is 4.39. The normalized spacial score (nSPS) is 13.5. The van der Waals surface area contributed by atoms with E-state index in [1.165, 1.54) is 12.1 Å². The Balaban J connectivity index is 1.43. The number of carbonyl (C=O) groups is 1. The maximum absolute atomic E-state index is 13.0. The lowest BCUT2D eigenvalue weighted by Crippen LogP contribution is -2.16. The Hall–Kier alpha value is -2.96. The van der Waals surface area contributed by atoms with Crippen LogP contribution in [-0.4, -0.2) is 25.9 Å². The predicted molar refractivity (Wildman–Crippen MR) is 91.1 cm³/mol. The van der Waals surface area contributed by atoms with E-state index >= 15 is 0 Å². The molecule has 1 aliphatic carbocycles. The van der Waals surface area contributed by atoms with Crippen LogP contribution < -0.4 is 5.32 Å². The van der Waals surface area contributed by atoms with Gasteiger partial charge in [0.05, 0.1) is 17.8 Å². The van der Waals surface area contributed by atoms with Gasteiger partial charge >= 0.3 is 0 Å². The molecule has 0 spiro atoms. The predicted octanol–water partition coefficient (Wildman–Crippen LogP) is 2.79. The average Bonchev–Trinajstić information content (AvgIpc) is 3.23. The van der Waals surface area contributed by atoms with Gasteiger partial charge in [-0.1, -0.05) is 0 Å². The van der Waals surface area contributed by atoms with Crippen LogP contribution in [0.15, 0.2) is 36.5 Å². The second-order valence-electron chi connectivity index (χ2n) is 6.19. The molecule has 1 aromatic carbocycles. The van der Waals surface area contributed by atoms with Crippen LogP contribution in [0.25, 0.3) is 5.69 Å². The SMILES string of the molecule is O=C(Cc1ccn(-c2ccc(F)cc2)n1)Nc1n[nH]c2c1CCCC2. The fourth-order valence-corrected chi connectivity index (χ4v) is 3.12. The van der Waals surface area contributed by atoms with Crippen molar-refractivity contribution in [1.82, 2.24) is 20.0 Å². The van der Waals surface area contributed by atoms with E-state index in [4.69, 9.17) is 0 Å². The molecule has 25 heavy (non-hydrogen) atoms. The van der Waals surface area contributed by atoms with Crippen molar-refractivity contribution in [1.29, 1.82) is 0 Å². The molecule has 0 saturated carbocycles. The second kappa shape index (κ2) is 6.51. The van der Waals surface area contributed by atoms with E-state index in [0.29, 0.717) is 11.5 Å². The largest absolute Gasteiger partial charge is 0.309 e. The number of aromatic nitrogens is 4. The lowest BCUT2D eigenvalue weighted by atomic mass is 9.97. The van der Waals surface area contributed by atoms with Gasteiger partial charge in [0.2, 0.25) is 5.91 Å². The Morgan fingerprint density at radius 1 is 1.20 bits per heavy atom. The number of fused-ring (bicyclic) bond motifs is 1. The van der Waals surface area contributed by atoms with Crippen LogP contribution in [0.1, 0.15) is 29.8 Å². The Morgan fingerprint density at radius 2 is 2.00 bits per heavy atom. The highest BCUT2D eigenvalue weighted by atomic mass is 19.1. The minimum absolute atomic E-state index is 0.149. The molecule has 4 rings (SSSR count). The van der Waals surface area contributed by atoms with E-state index in [-0.39, 0.29) is 18.1 Å². The number of hydrogen-bond acceptors (Lipinski definition) is 3. The lowest BCUT2D eigenvalue weighted by molar-refractivity contribution is -0.115. The molecule has 1 amide bonds. The summed E-state index contributed by atoms with van der Waals surface area (Å²) >= 11 is 0. The van der Waals surface area contributed by atoms with Gasteiger partial charge in [-0.15, -0.1) is 0 Å². The van der Waals surface area contributed by atoms with Gasteiger partial charge in [0.25, 0.3) is 0 Å². The van der Waals surface area contributed by atoms with Crippen molar-refractivity contribution in [2.45, 2.75) is 32.1 Å². The minimum Gasteiger partial charge on any atom is -0.309 e. The van der Waals surface area contributed by atoms with Crippen LogP contribution in [0.5, 0.6) is 0 Å². The molecule has 128 valence electrons. The summed E-state index contributed by atoms with van der Waals surface area (Å²) in [6.07, 6.45) is 6.13. The number of hydrogen-bond donors (Lipinski definition) is 2. The molecular weight excluding hydrogens is 321 g/mol. The number of aromatic amines is 1. The number of rotatable bonds is 4. The number of nitrogens with one attached hydrogen (secondary N) is 2. The summed E-state index contributed by atoms with van der Waals surface area (Å²) in [5.41, 5.74) is 3.64. The highest BCUT2D eigenvalue weighted by molar-refractivity contribution is 5.91. The van der Waals surface area contributed by atoms with Gasteiger partial charge in [0.15, 0.2) is 5.82 Å². The first-order chi connectivity index (χ1) is 12.2. The topological polar surface area (TPSA) is 75.6 Å². The summed E-state index contributed by atoms with van der Waals surface area (Å²) in [4.78, 5) is 12.3. The van der Waals surface area contributed by atoms with Crippen LogP contribution >= 0.6 is 0 Å². The Morgan fingerprint density at radius 3 is 2.84 bits per heavy atom. The quantitative estimate of drug-likeness (QED) is 0.767. The van der Waals surface area contributed by atoms with Crippen molar-refractivity contribution in [2.75, 3.05) is 5.32 Å². The standard InChI is InChI=1S/C18H18FN5O/c19-12-5-7-14(8-6-12)24-10-9-13(23-24)11-17(25)20-18-15-3-1-2-4-16(15)21-22-18/h5-10H,1-4,11H2,(H2,20,21,22,25). The summed E-state index contributed by atoms with van der Waals surface area (Å²) < 4.78 is 14.6. The summed E-state index contributed by atoms with van der Waals surface area (Å²) in [6.45, 7) is 0. The Bertz CT molecular complexity index is 897. The molecule has 0 saturated heterocycles. The first-order valence-electron chi connectivity index (χ1n) is 8.35. The maximum atomic E-state index is 13.0. The van der Waals surface area contributed by atoms with Gasteiger partial charge in [0, 0.05) is 17.5 Å². The number of nitrogens with zero attached hydrogens (tertiary/aromatic N) is 3. The molecule has 7 heteroatoms. The number of amides is 1. The van der Waals surface area contributed by atoms with Gasteiger partial charge in [-0.05, 0) is 56.0 Å². The van der Waals surface area contributed by atoms with Crippen molar-refractivity contribution in [3.05, 3.63) is 59.3 Å². The van der Waals surface area contributed by atoms with Crippen molar-refractivity contribution in [2.24, 2.45) is 0 Å². The summed E-state index contributed by atoms with van der Waals surface area (Å²) in [5.74, 6) is 0.194. The van der Waals surface area contributed by atoms with Crippen molar-refractivity contribution >= 4 is 11.7 Å². The fraction of sp³-hybridized carbons (Fsp3) is 0.278. The van der Waals surface area contributed by atoms with Gasteiger partial charge < -0.3 is 5.32 Å². The third-order valence-electron chi connectivity index (χ3n) is 4.39. The van der Waals surface area contributed by atoms with E-state index in [1.54, 1.807) is 29.1 Å². The molecule has 6 nitrogen and oxygen atoms in total. The highest BCUT2D eigenvalue weighted by Gasteiger charge is 2.18. The molecule has 0 unspecified atom stereocenters. The van der Waals surface area contributed by atoms with Crippen molar-refractivity contribution in [3.63, 3.8) is 0 Å². The maximum Gasteiger partial charge on any atom is 0.231 e. The van der Waals surface area contributed by atoms with Crippen molar-refractivity contribution < 1.29 is 9.18 Å². The highest BCUT2D eigenvalue weighted by Crippen LogP contribution is 2.25. The van der Waals surface area contributed by atoms with E-state index in [9.17, 15) is 9.18 Å². The first-order valence-corrected chi connectivity index (χ1v) is 8.35. The van der Waals surface area contributed by atoms with Crippen LogP contribution in [0.4, 0.5) is 10.2 Å². The molecule has 2 heterocycles. The van der Waals surface area contributed by atoms with Crippen LogP contribution in [-0.2, 0) is 24.1 Å². The molecule has 1 aliphatic rings. The zero-order valence-corrected chi connectivity index (χ0v) is 13.6. The van der Waals surface area contributed by atoms with E-state index in [1.807, 2.05) is 0 Å². The van der Waals surface area contributed by atoms with Gasteiger partial charge in [-0.3, -0.25) is 9.89 Å². The number of benzene rings is 1. The third kappa shape index (κ3) is 3.31. The number of H-pyrrole nitrogens is 1. The molecule has 0 aliphatic heterocycles. The lowest BCUT2D eigenvalue weighted by Gasteiger charge is -2.11. The molecule has 0 bridgehead atoms. The van der Waals surface area contributed by atoms with Crippen LogP contribution in [0.2, 0.25) is 0 Å². The number of halogens is 1. The number of anilines is 1.